The van der Waals surface area contributed by atoms with Crippen LogP contribution < -0.4 is 0 Å². The van der Waals surface area contributed by atoms with Crippen molar-refractivity contribution < 1.29 is 14.6 Å². The van der Waals surface area contributed by atoms with Crippen LogP contribution in [0.4, 0.5) is 0 Å². The van der Waals surface area contributed by atoms with Crippen molar-refractivity contribution in [1.29, 1.82) is 0 Å². The molecule has 0 bridgehead atoms. The molecule has 0 aliphatic heterocycles. The third-order valence-corrected chi connectivity index (χ3v) is 3.25. The molecule has 1 atom stereocenters. The second-order valence-corrected chi connectivity index (χ2v) is 5.35. The molecule has 0 saturated carbocycles. The molecule has 1 rings (SSSR count). The molecule has 0 aliphatic carbocycles. The Hall–Kier alpha value is -0.910. The second kappa shape index (κ2) is 8.30. The molecule has 0 saturated heterocycles. The summed E-state index contributed by atoms with van der Waals surface area (Å²) >= 11 is 3.44. The zero-order valence-electron chi connectivity index (χ0n) is 11.3. The summed E-state index contributed by atoms with van der Waals surface area (Å²) in [7, 11) is 1.98. The van der Waals surface area contributed by atoms with E-state index in [-0.39, 0.29) is 0 Å². The van der Waals surface area contributed by atoms with Gasteiger partial charge in [-0.2, -0.15) is 0 Å². The summed E-state index contributed by atoms with van der Waals surface area (Å²) in [6.45, 7) is 3.70. The minimum absolute atomic E-state index is 0.423. The van der Waals surface area contributed by atoms with Gasteiger partial charge in [0.2, 0.25) is 0 Å². The lowest BCUT2D eigenvalue weighted by Gasteiger charge is -2.19. The fraction of sp³-hybridized carbons (Fsp3) is 0.500. The maximum atomic E-state index is 11.0. The van der Waals surface area contributed by atoms with Crippen LogP contribution in [0, 0.1) is 0 Å². The van der Waals surface area contributed by atoms with Crippen molar-refractivity contribution >= 4 is 21.9 Å². The minimum Gasteiger partial charge on any atom is -0.479 e. The highest BCUT2D eigenvalue weighted by atomic mass is 79.9. The fourth-order valence-electron chi connectivity index (χ4n) is 1.84. The van der Waals surface area contributed by atoms with E-state index >= 15 is 0 Å². The van der Waals surface area contributed by atoms with Gasteiger partial charge < -0.3 is 14.7 Å². The zero-order valence-corrected chi connectivity index (χ0v) is 12.9. The molecular formula is C14H20BrNO3. The molecule has 0 amide bonds. The van der Waals surface area contributed by atoms with Crippen LogP contribution in [0.1, 0.15) is 18.9 Å². The Bertz CT molecular complexity index is 411. The minimum atomic E-state index is -0.891. The molecule has 1 aromatic carbocycles. The van der Waals surface area contributed by atoms with Crippen molar-refractivity contribution in [2.45, 2.75) is 26.0 Å². The Labute approximate surface area is 122 Å². The third kappa shape index (κ3) is 6.18. The summed E-state index contributed by atoms with van der Waals surface area (Å²) in [4.78, 5) is 13.0. The maximum Gasteiger partial charge on any atom is 0.332 e. The van der Waals surface area contributed by atoms with Crippen molar-refractivity contribution in [3.63, 3.8) is 0 Å². The molecule has 106 valence electrons. The number of hydrogen-bond donors (Lipinski definition) is 1. The largest absolute Gasteiger partial charge is 0.479 e. The lowest BCUT2D eigenvalue weighted by atomic mass is 10.2. The molecule has 0 aromatic heterocycles. The van der Waals surface area contributed by atoms with Crippen LogP contribution in [0.2, 0.25) is 0 Å². The van der Waals surface area contributed by atoms with Crippen LogP contribution in [-0.4, -0.2) is 42.3 Å². The Kier molecular flexibility index (Phi) is 7.05. The highest BCUT2D eigenvalue weighted by molar-refractivity contribution is 9.10. The number of rotatable bonds is 8. The van der Waals surface area contributed by atoms with Gasteiger partial charge in [0.15, 0.2) is 6.10 Å². The molecule has 0 aliphatic rings. The topological polar surface area (TPSA) is 49.8 Å². The summed E-state index contributed by atoms with van der Waals surface area (Å²) in [5.41, 5.74) is 1.19. The number of hydrogen-bond acceptors (Lipinski definition) is 3. The van der Waals surface area contributed by atoms with E-state index in [0.29, 0.717) is 19.6 Å². The number of ether oxygens (including phenoxy) is 1. The molecule has 19 heavy (non-hydrogen) atoms. The van der Waals surface area contributed by atoms with Gasteiger partial charge in [-0.3, -0.25) is 0 Å². The van der Waals surface area contributed by atoms with Crippen LogP contribution in [0.3, 0.4) is 0 Å². The van der Waals surface area contributed by atoms with E-state index in [2.05, 4.69) is 33.0 Å². The standard InChI is InChI=1S/C14H20BrNO3/c1-3-19-13(14(17)18)7-8-16(2)10-11-5-4-6-12(15)9-11/h4-6,9,13H,3,7-8,10H2,1-2H3,(H,17,18). The summed E-state index contributed by atoms with van der Waals surface area (Å²) in [6, 6.07) is 8.10. The SMILES string of the molecule is CCOC(CCN(C)Cc1cccc(Br)c1)C(=O)O. The van der Waals surface area contributed by atoms with Gasteiger partial charge in [-0.25, -0.2) is 4.79 Å². The molecule has 5 heteroatoms. The van der Waals surface area contributed by atoms with E-state index in [0.717, 1.165) is 11.0 Å². The lowest BCUT2D eigenvalue weighted by Crippen LogP contribution is -2.29. The first-order valence-corrected chi connectivity index (χ1v) is 7.09. The van der Waals surface area contributed by atoms with Crippen molar-refractivity contribution in [3.8, 4) is 0 Å². The van der Waals surface area contributed by atoms with E-state index in [4.69, 9.17) is 9.84 Å². The second-order valence-electron chi connectivity index (χ2n) is 4.44. The summed E-state index contributed by atoms with van der Waals surface area (Å²) < 4.78 is 6.24. The van der Waals surface area contributed by atoms with Crippen molar-refractivity contribution in [2.75, 3.05) is 20.2 Å². The molecule has 0 heterocycles. The fourth-order valence-corrected chi connectivity index (χ4v) is 2.29. The third-order valence-electron chi connectivity index (χ3n) is 2.76. The van der Waals surface area contributed by atoms with E-state index in [1.165, 1.54) is 5.56 Å². The highest BCUT2D eigenvalue weighted by Crippen LogP contribution is 2.13. The quantitative estimate of drug-likeness (QED) is 0.796. The number of halogens is 1. The van der Waals surface area contributed by atoms with Crippen molar-refractivity contribution in [3.05, 3.63) is 34.3 Å². The molecule has 1 N–H and O–H groups in total. The Morgan fingerprint density at radius 3 is 2.84 bits per heavy atom. The molecule has 1 unspecified atom stereocenters. The number of aliphatic carboxylic acids is 1. The predicted octanol–water partition coefficient (Wildman–Crippen LogP) is 2.76. The van der Waals surface area contributed by atoms with Gasteiger partial charge in [0.1, 0.15) is 0 Å². The van der Waals surface area contributed by atoms with Crippen LogP contribution in [0.5, 0.6) is 0 Å². The highest BCUT2D eigenvalue weighted by Gasteiger charge is 2.17. The van der Waals surface area contributed by atoms with Gasteiger partial charge in [0, 0.05) is 24.2 Å². The van der Waals surface area contributed by atoms with E-state index in [1.54, 1.807) is 6.92 Å². The van der Waals surface area contributed by atoms with E-state index < -0.39 is 12.1 Å². The summed E-state index contributed by atoms with van der Waals surface area (Å²) in [5.74, 6) is -0.891. The molecular weight excluding hydrogens is 310 g/mol. The van der Waals surface area contributed by atoms with Gasteiger partial charge in [-0.1, -0.05) is 28.1 Å². The number of carbonyl (C=O) groups is 1. The Balaban J connectivity index is 2.42. The average molecular weight is 330 g/mol. The number of nitrogens with zero attached hydrogens (tertiary/aromatic N) is 1. The van der Waals surface area contributed by atoms with Crippen molar-refractivity contribution in [2.24, 2.45) is 0 Å². The first kappa shape index (κ1) is 16.1. The average Bonchev–Trinajstić information content (AvgIpc) is 2.34. The molecule has 1 aromatic rings. The van der Waals surface area contributed by atoms with E-state index in [9.17, 15) is 4.79 Å². The van der Waals surface area contributed by atoms with Crippen LogP contribution in [-0.2, 0) is 16.1 Å². The first-order chi connectivity index (χ1) is 9.02. The summed E-state index contributed by atoms with van der Waals surface area (Å²) in [6.07, 6.45) is -0.219. The molecule has 0 radical (unpaired) electrons. The Morgan fingerprint density at radius 2 is 2.26 bits per heavy atom. The van der Waals surface area contributed by atoms with Gasteiger partial charge in [0.05, 0.1) is 0 Å². The van der Waals surface area contributed by atoms with Gasteiger partial charge in [-0.15, -0.1) is 0 Å². The molecule has 4 nitrogen and oxygen atoms in total. The van der Waals surface area contributed by atoms with E-state index in [1.807, 2.05) is 19.2 Å². The number of carboxylic acid groups (broad SMARTS) is 1. The zero-order chi connectivity index (χ0) is 14.3. The number of benzene rings is 1. The van der Waals surface area contributed by atoms with Crippen LogP contribution in [0.25, 0.3) is 0 Å². The molecule has 0 fully saturated rings. The number of carboxylic acids is 1. The Morgan fingerprint density at radius 1 is 1.53 bits per heavy atom. The first-order valence-electron chi connectivity index (χ1n) is 6.30. The normalized spacial score (nSPS) is 12.6. The predicted molar refractivity (Wildman–Crippen MR) is 78.1 cm³/mol. The van der Waals surface area contributed by atoms with Gasteiger partial charge in [0.25, 0.3) is 0 Å². The molecule has 0 spiro atoms. The monoisotopic (exact) mass is 329 g/mol. The maximum absolute atomic E-state index is 11.0. The summed E-state index contributed by atoms with van der Waals surface area (Å²) in [5, 5.41) is 8.99. The smallest absolute Gasteiger partial charge is 0.332 e. The van der Waals surface area contributed by atoms with Crippen LogP contribution >= 0.6 is 15.9 Å². The van der Waals surface area contributed by atoms with Crippen LogP contribution in [0.15, 0.2) is 28.7 Å². The van der Waals surface area contributed by atoms with Gasteiger partial charge >= 0.3 is 5.97 Å². The van der Waals surface area contributed by atoms with Crippen molar-refractivity contribution in [1.82, 2.24) is 4.90 Å². The van der Waals surface area contributed by atoms with Gasteiger partial charge in [-0.05, 0) is 38.1 Å². The lowest BCUT2D eigenvalue weighted by molar-refractivity contribution is -0.150.